The molecule has 0 spiro atoms. The minimum Gasteiger partial charge on any atom is -0.456 e. The van der Waals surface area contributed by atoms with Gasteiger partial charge < -0.3 is 19.2 Å². The molecule has 0 saturated carbocycles. The van der Waals surface area contributed by atoms with Gasteiger partial charge in [0.25, 0.3) is 0 Å². The van der Waals surface area contributed by atoms with E-state index in [2.05, 4.69) is 147 Å². The van der Waals surface area contributed by atoms with Gasteiger partial charge in [0.15, 0.2) is 18.2 Å². The lowest BCUT2D eigenvalue weighted by atomic mass is 10.0. The topological polar surface area (TPSA) is 148 Å². The molecule has 12 nitrogen and oxygen atoms in total. The van der Waals surface area contributed by atoms with Gasteiger partial charge in [-0.15, -0.1) is 24.0 Å². The van der Waals surface area contributed by atoms with Crippen molar-refractivity contribution in [2.75, 3.05) is 25.0 Å². The van der Waals surface area contributed by atoms with Gasteiger partial charge in [-0.1, -0.05) is 173 Å². The van der Waals surface area contributed by atoms with Crippen molar-refractivity contribution in [2.45, 2.75) is 90.5 Å². The summed E-state index contributed by atoms with van der Waals surface area (Å²) in [7, 11) is 0. The minimum absolute atomic E-state index is 0. The number of alkyl halides is 1. The van der Waals surface area contributed by atoms with Gasteiger partial charge in [-0.2, -0.15) is 0 Å². The summed E-state index contributed by atoms with van der Waals surface area (Å²) in [6.07, 6.45) is 4.04. The predicted octanol–water partition coefficient (Wildman–Crippen LogP) is 18.9. The molecule has 2 atom stereocenters. The highest BCUT2D eigenvalue weighted by atomic mass is 128. The van der Waals surface area contributed by atoms with Gasteiger partial charge in [-0.25, -0.2) is 19.4 Å². The van der Waals surface area contributed by atoms with E-state index in [1.54, 1.807) is 37.8 Å². The normalized spacial score (nSPS) is 14.6. The number of likely N-dealkylation sites (tertiary alicyclic amines) is 2. The maximum absolute atomic E-state index is 12.6. The maximum Gasteiger partial charge on any atom is 0.411 e. The standard InChI is InChI=1S/C24H26BrN3O2.C24H26BrNO5.C14H10Br2O.I2.HI/c1-24(2,3)30-23(29)28-14-4-5-21(28)22-26-15-20(27-22)18-8-6-16(7-9-18)17-10-12-19(25)13-11-17;1-24(2,3)31-23(29)26-14-4-5-20(26)22(28)30-15-21(27)18-8-6-16(7-9-18)17-10-12-19(25)13-11-17;15-9-14(17)12-3-1-10(2-4-12)11-5-7-13(16)8-6-11;1-2;/h6-13,15,21H,4-5,14H2,1-3H3,(H,26,27);6-13,20H,4-5,14-15H2,1-3H3;1-8H,9H2;;1H/t21-;20-;;;/m00.../s1. The van der Waals surface area contributed by atoms with E-state index in [1.807, 2.05) is 124 Å². The second-order valence-electron chi connectivity index (χ2n) is 20.7. The largest absolute Gasteiger partial charge is 0.456 e. The van der Waals surface area contributed by atoms with Crippen LogP contribution in [0.2, 0.25) is 0 Å². The molecular weight excluding hydrogens is 1630 g/mol. The quantitative estimate of drug-likeness (QED) is 0.0439. The summed E-state index contributed by atoms with van der Waals surface area (Å²) in [5.74, 6) is 0.0402. The van der Waals surface area contributed by atoms with Crippen LogP contribution in [0.15, 0.2) is 165 Å². The van der Waals surface area contributed by atoms with Crippen molar-refractivity contribution < 1.29 is 38.2 Å². The second kappa shape index (κ2) is 32.3. The Labute approximate surface area is 548 Å². The summed E-state index contributed by atoms with van der Waals surface area (Å²) in [6.45, 7) is 11.7. The van der Waals surface area contributed by atoms with Crippen molar-refractivity contribution in [1.29, 1.82) is 0 Å². The molecule has 0 bridgehead atoms. The van der Waals surface area contributed by atoms with Gasteiger partial charge >= 0.3 is 18.2 Å². The molecule has 428 valence electrons. The average molecular weight is 1690 g/mol. The number of rotatable bonds is 11. The van der Waals surface area contributed by atoms with E-state index in [0.717, 1.165) is 76.7 Å². The number of nitrogens with zero attached hydrogens (tertiary/aromatic N) is 3. The molecule has 1 aromatic heterocycles. The lowest BCUT2D eigenvalue weighted by Crippen LogP contribution is -2.44. The zero-order valence-electron chi connectivity index (χ0n) is 45.5. The number of halogens is 7. The number of hydrogen-bond donors (Lipinski definition) is 1. The smallest absolute Gasteiger partial charge is 0.411 e. The van der Waals surface area contributed by atoms with Gasteiger partial charge in [0, 0.05) is 74.9 Å². The molecule has 19 heteroatoms. The van der Waals surface area contributed by atoms with Crippen LogP contribution in [0.4, 0.5) is 9.59 Å². The monoisotopic (exact) mass is 1690 g/mol. The number of esters is 1. The number of nitrogens with one attached hydrogen (secondary N) is 1. The molecular formula is C62H63Br4I3N4O8. The first-order chi connectivity index (χ1) is 38.1. The molecule has 2 fully saturated rings. The van der Waals surface area contributed by atoms with Crippen LogP contribution in [0.3, 0.4) is 0 Å². The summed E-state index contributed by atoms with van der Waals surface area (Å²) in [5, 5.41) is 0.366. The molecule has 0 radical (unpaired) electrons. The van der Waals surface area contributed by atoms with Crippen LogP contribution >= 0.6 is 125 Å². The first-order valence-electron chi connectivity index (χ1n) is 25.7. The number of aromatic amines is 1. The SMILES string of the molecule is CC(C)(C)OC(=O)N1CCC[C@H]1C(=O)OCC(=O)c1ccc(-c2ccc(Br)cc2)cc1.CC(C)(C)OC(=O)N1CCC[C@H]1c1ncc(-c2ccc(-c3ccc(Br)cc3)cc2)[nH]1.I.II.O=C(CBr)c1ccc(-c2ccc(Br)cc2)cc1. The van der Waals surface area contributed by atoms with Crippen molar-refractivity contribution >= 4 is 155 Å². The van der Waals surface area contributed by atoms with E-state index in [0.29, 0.717) is 36.8 Å². The van der Waals surface area contributed by atoms with Crippen LogP contribution < -0.4 is 0 Å². The summed E-state index contributed by atoms with van der Waals surface area (Å²) >= 11 is 17.7. The van der Waals surface area contributed by atoms with E-state index in [9.17, 15) is 24.0 Å². The summed E-state index contributed by atoms with van der Waals surface area (Å²) in [5.41, 5.74) is 8.69. The van der Waals surface area contributed by atoms with E-state index < -0.39 is 29.3 Å². The third kappa shape index (κ3) is 20.6. The predicted molar refractivity (Wildman–Crippen MR) is 364 cm³/mol. The van der Waals surface area contributed by atoms with E-state index in [4.69, 9.17) is 14.2 Å². The fraction of sp³-hybridized carbons (Fsp3) is 0.290. The molecule has 9 rings (SSSR count). The van der Waals surface area contributed by atoms with Crippen LogP contribution in [-0.2, 0) is 19.0 Å². The van der Waals surface area contributed by atoms with Gasteiger partial charge in [0.1, 0.15) is 23.1 Å². The van der Waals surface area contributed by atoms with E-state index in [-0.39, 0.29) is 54.3 Å². The third-order valence-electron chi connectivity index (χ3n) is 12.6. The molecule has 1 N–H and O–H groups in total. The van der Waals surface area contributed by atoms with Gasteiger partial charge in [0.05, 0.1) is 23.3 Å². The fourth-order valence-corrected chi connectivity index (χ4v) is 9.77. The van der Waals surface area contributed by atoms with Crippen LogP contribution in [0.5, 0.6) is 0 Å². The molecule has 0 unspecified atom stereocenters. The van der Waals surface area contributed by atoms with Crippen LogP contribution in [-0.4, -0.2) is 91.8 Å². The first kappa shape index (κ1) is 67.8. The molecule has 2 saturated heterocycles. The molecule has 6 aromatic carbocycles. The Morgan fingerprint density at radius 1 is 0.543 bits per heavy atom. The average Bonchev–Trinajstić information content (AvgIpc) is 4.31. The first-order valence-corrected chi connectivity index (χ1v) is 35.5. The maximum atomic E-state index is 12.6. The number of ketones is 2. The number of imidazole rings is 1. The Kier molecular flexibility index (Phi) is 27.0. The van der Waals surface area contributed by atoms with Gasteiger partial charge in [-0.3, -0.25) is 19.4 Å². The molecule has 81 heavy (non-hydrogen) atoms. The molecule has 3 heterocycles. The molecule has 2 aliphatic heterocycles. The lowest BCUT2D eigenvalue weighted by molar-refractivity contribution is -0.147. The molecule has 7 aromatic rings. The Hall–Kier alpha value is -4.01. The fourth-order valence-electron chi connectivity index (χ4n) is 8.65. The zero-order chi connectivity index (χ0) is 58.1. The van der Waals surface area contributed by atoms with Crippen molar-refractivity contribution in [3.8, 4) is 44.6 Å². The number of hydrogen-bond acceptors (Lipinski definition) is 9. The number of benzene rings is 6. The summed E-state index contributed by atoms with van der Waals surface area (Å²) in [4.78, 5) is 72.5. The Bertz CT molecular complexity index is 3170. The van der Waals surface area contributed by atoms with Crippen molar-refractivity contribution in [2.24, 2.45) is 0 Å². The molecule has 0 aliphatic carbocycles. The highest BCUT2D eigenvalue weighted by molar-refractivity contribution is 15.0. The third-order valence-corrected chi connectivity index (χ3v) is 14.6. The Morgan fingerprint density at radius 2 is 0.901 bits per heavy atom. The highest BCUT2D eigenvalue weighted by Crippen LogP contribution is 2.34. The second-order valence-corrected chi connectivity index (χ2v) is 24.0. The summed E-state index contributed by atoms with van der Waals surface area (Å²) in [6, 6.07) is 46.7. The van der Waals surface area contributed by atoms with Crippen molar-refractivity contribution in [1.82, 2.24) is 19.8 Å². The number of H-pyrrole nitrogens is 1. The van der Waals surface area contributed by atoms with Gasteiger partial charge in [-0.05, 0) is 143 Å². The van der Waals surface area contributed by atoms with Crippen LogP contribution in [0.25, 0.3) is 44.6 Å². The van der Waals surface area contributed by atoms with Crippen LogP contribution in [0, 0.1) is 0 Å². The number of aromatic nitrogens is 2. The van der Waals surface area contributed by atoms with Gasteiger partial charge in [0.2, 0.25) is 0 Å². The van der Waals surface area contributed by atoms with Crippen molar-refractivity contribution in [3.05, 3.63) is 182 Å². The number of ether oxygens (including phenoxy) is 3. The lowest BCUT2D eigenvalue weighted by Gasteiger charge is -2.27. The van der Waals surface area contributed by atoms with E-state index in [1.165, 1.54) is 10.5 Å². The van der Waals surface area contributed by atoms with Crippen molar-refractivity contribution in [3.63, 3.8) is 0 Å². The zero-order valence-corrected chi connectivity index (χ0v) is 58.5. The number of carbonyl (C=O) groups excluding carboxylic acids is 5. The van der Waals surface area contributed by atoms with Crippen LogP contribution in [0.1, 0.15) is 99.8 Å². The Balaban J connectivity index is 0.000000227. The Morgan fingerprint density at radius 3 is 1.32 bits per heavy atom. The molecule has 2 amide bonds. The van der Waals surface area contributed by atoms with E-state index >= 15 is 0 Å². The number of carbonyl (C=O) groups is 5. The number of amides is 2. The number of Topliss-reactive ketones (excluding diaryl/α,β-unsaturated/α-hetero) is 2. The highest BCUT2D eigenvalue weighted by Gasteiger charge is 2.38. The molecule has 2 aliphatic rings. The minimum atomic E-state index is -0.720. The summed E-state index contributed by atoms with van der Waals surface area (Å²) < 4.78 is 19.3.